The highest BCUT2D eigenvalue weighted by molar-refractivity contribution is 6.50. The molecule has 0 N–H and O–H groups in total. The maximum Gasteiger partial charge on any atom is 0.124 e. The van der Waals surface area contributed by atoms with Gasteiger partial charge in [-0.25, -0.2) is 0 Å². The zero-order valence-corrected chi connectivity index (χ0v) is 19.8. The van der Waals surface area contributed by atoms with Crippen molar-refractivity contribution in [2.24, 2.45) is 0 Å². The fourth-order valence-corrected chi connectivity index (χ4v) is 5.89. The van der Waals surface area contributed by atoms with E-state index in [9.17, 15) is 0 Å². The molecule has 6 heteroatoms. The van der Waals surface area contributed by atoms with Gasteiger partial charge in [0.2, 0.25) is 0 Å². The van der Waals surface area contributed by atoms with E-state index in [1.807, 2.05) is 54.6 Å². The highest BCUT2D eigenvalue weighted by Crippen LogP contribution is 2.60. The van der Waals surface area contributed by atoms with Crippen molar-refractivity contribution in [1.82, 2.24) is 0 Å². The normalized spacial score (nSPS) is 16.2. The smallest absolute Gasteiger partial charge is 0.103 e. The van der Waals surface area contributed by atoms with Gasteiger partial charge in [-0.3, -0.25) is 0 Å². The number of rotatable bonds is 3. The monoisotopic (exact) mass is 511 g/mol. The summed E-state index contributed by atoms with van der Waals surface area (Å²) in [6.07, 6.45) is 1.66. The average molecular weight is 514 g/mol. The predicted molar refractivity (Wildman–Crippen MR) is 132 cm³/mol. The van der Waals surface area contributed by atoms with E-state index in [1.54, 1.807) is 24.6 Å². The van der Waals surface area contributed by atoms with Crippen LogP contribution in [-0.4, -0.2) is 0 Å². The van der Waals surface area contributed by atoms with Crippen molar-refractivity contribution in [3.05, 3.63) is 121 Å². The summed E-state index contributed by atoms with van der Waals surface area (Å²) in [5.74, 6) is 0. The van der Waals surface area contributed by atoms with Crippen molar-refractivity contribution in [3.63, 3.8) is 0 Å². The van der Waals surface area contributed by atoms with Crippen LogP contribution in [0.4, 0.5) is 0 Å². The number of benzene rings is 3. The molecule has 0 unspecified atom stereocenters. The average Bonchev–Trinajstić information content (AvgIpc) is 2.71. The molecule has 0 atom stereocenters. The second-order valence-electron chi connectivity index (χ2n) is 6.69. The van der Waals surface area contributed by atoms with Crippen molar-refractivity contribution >= 4 is 80.8 Å². The second kappa shape index (κ2) is 8.79. The minimum atomic E-state index is -1.34. The molecule has 0 bridgehead atoms. The standard InChI is InChI=1S/C24H13Cl6/c25-17-10-4-1-7-14(17)22-20(28)13-21(29)23(15-8-2-5-11-18(15)26)24(22,30)16-9-3-6-12-19(16)27/h1-13H. The van der Waals surface area contributed by atoms with E-state index < -0.39 is 4.87 Å². The molecule has 151 valence electrons. The first-order chi connectivity index (χ1) is 14.4. The molecule has 4 rings (SSSR count). The summed E-state index contributed by atoms with van der Waals surface area (Å²) >= 11 is 40.8. The van der Waals surface area contributed by atoms with Crippen molar-refractivity contribution in [1.29, 1.82) is 0 Å². The molecule has 1 radical (unpaired) electrons. The van der Waals surface area contributed by atoms with Crippen LogP contribution in [0, 0.1) is 6.42 Å². The van der Waals surface area contributed by atoms with Crippen LogP contribution in [0.2, 0.25) is 15.1 Å². The van der Waals surface area contributed by atoms with Gasteiger partial charge in [0.25, 0.3) is 0 Å². The number of allylic oxidation sites excluding steroid dienone is 4. The van der Waals surface area contributed by atoms with Crippen LogP contribution in [0.3, 0.4) is 0 Å². The van der Waals surface area contributed by atoms with E-state index in [4.69, 9.17) is 69.6 Å². The minimum absolute atomic E-state index is 0.374. The maximum atomic E-state index is 7.53. The van der Waals surface area contributed by atoms with E-state index in [2.05, 4.69) is 0 Å². The molecule has 1 aliphatic carbocycles. The third-order valence-electron chi connectivity index (χ3n) is 4.95. The van der Waals surface area contributed by atoms with Crippen LogP contribution in [0.15, 0.2) is 82.9 Å². The summed E-state index contributed by atoms with van der Waals surface area (Å²) in [4.78, 5) is -1.34. The molecule has 0 saturated carbocycles. The molecular formula is C24H13Cl6. The van der Waals surface area contributed by atoms with Crippen LogP contribution < -0.4 is 0 Å². The van der Waals surface area contributed by atoms with Gasteiger partial charge in [-0.2, -0.15) is 0 Å². The third kappa shape index (κ3) is 3.69. The Kier molecular flexibility index (Phi) is 6.47. The summed E-state index contributed by atoms with van der Waals surface area (Å²) in [7, 11) is 0. The molecule has 3 aromatic carbocycles. The Labute approximate surface area is 205 Å². The van der Waals surface area contributed by atoms with Gasteiger partial charge in [0.1, 0.15) is 4.87 Å². The van der Waals surface area contributed by atoms with E-state index in [0.29, 0.717) is 53.0 Å². The minimum Gasteiger partial charge on any atom is -0.103 e. The molecule has 0 heterocycles. The topological polar surface area (TPSA) is 0 Å². The molecular weight excluding hydrogens is 501 g/mol. The lowest BCUT2D eigenvalue weighted by molar-refractivity contribution is 0.999. The molecule has 0 nitrogen and oxygen atoms in total. The van der Waals surface area contributed by atoms with Gasteiger partial charge in [0, 0.05) is 48.3 Å². The number of halogens is 6. The van der Waals surface area contributed by atoms with Crippen LogP contribution in [0.5, 0.6) is 0 Å². The predicted octanol–water partition coefficient (Wildman–Crippen LogP) is 9.60. The van der Waals surface area contributed by atoms with Crippen LogP contribution in [0.1, 0.15) is 16.7 Å². The molecule has 30 heavy (non-hydrogen) atoms. The third-order valence-corrected chi connectivity index (χ3v) is 7.12. The largest absolute Gasteiger partial charge is 0.124 e. The van der Waals surface area contributed by atoms with Gasteiger partial charge >= 0.3 is 0 Å². The van der Waals surface area contributed by atoms with E-state index >= 15 is 0 Å². The van der Waals surface area contributed by atoms with Gasteiger partial charge in [0.15, 0.2) is 0 Å². The lowest BCUT2D eigenvalue weighted by atomic mass is 9.74. The summed E-state index contributed by atoms with van der Waals surface area (Å²) in [6.45, 7) is 0. The van der Waals surface area contributed by atoms with Gasteiger partial charge in [-0.15, -0.1) is 11.6 Å². The molecule has 1 aliphatic rings. The molecule has 0 spiro atoms. The summed E-state index contributed by atoms with van der Waals surface area (Å²) in [5.41, 5.74) is 3.17. The fourth-order valence-electron chi connectivity index (χ4n) is 3.68. The van der Waals surface area contributed by atoms with Crippen LogP contribution in [-0.2, 0) is 4.87 Å². The Balaban J connectivity index is 2.12. The van der Waals surface area contributed by atoms with Crippen LogP contribution in [0.25, 0.3) is 11.1 Å². The first-order valence-electron chi connectivity index (χ1n) is 8.94. The maximum absolute atomic E-state index is 7.53. The molecule has 0 saturated heterocycles. The summed E-state index contributed by atoms with van der Waals surface area (Å²) < 4.78 is 0. The zero-order valence-electron chi connectivity index (χ0n) is 15.3. The Morgan fingerprint density at radius 3 is 1.33 bits per heavy atom. The van der Waals surface area contributed by atoms with E-state index in [-0.39, 0.29) is 0 Å². The van der Waals surface area contributed by atoms with Crippen molar-refractivity contribution < 1.29 is 0 Å². The van der Waals surface area contributed by atoms with Gasteiger partial charge in [0.05, 0.1) is 0 Å². The Hall–Kier alpha value is -1.12. The van der Waals surface area contributed by atoms with Gasteiger partial charge in [-0.1, -0.05) is 113 Å². The molecule has 0 amide bonds. The van der Waals surface area contributed by atoms with Crippen molar-refractivity contribution in [2.75, 3.05) is 0 Å². The fraction of sp³-hybridized carbons (Fsp3) is 0.0417. The second-order valence-corrected chi connectivity index (χ2v) is 9.29. The highest BCUT2D eigenvalue weighted by Gasteiger charge is 2.47. The number of alkyl halides is 1. The summed E-state index contributed by atoms with van der Waals surface area (Å²) in [5, 5.41) is 2.23. The van der Waals surface area contributed by atoms with Gasteiger partial charge < -0.3 is 0 Å². The molecule has 0 aliphatic heterocycles. The number of hydrogen-bond donors (Lipinski definition) is 0. The summed E-state index contributed by atoms with van der Waals surface area (Å²) in [6, 6.07) is 22.1. The molecule has 3 aromatic rings. The van der Waals surface area contributed by atoms with Crippen molar-refractivity contribution in [3.8, 4) is 0 Å². The molecule has 0 aromatic heterocycles. The SMILES string of the molecule is ClC1=C(c2ccccc2Cl)C(Cl)(c2ccccc2Cl)C(c2ccccc2Cl)=C(Cl)[CH]1. The van der Waals surface area contributed by atoms with Crippen LogP contribution >= 0.6 is 69.6 Å². The van der Waals surface area contributed by atoms with Gasteiger partial charge in [-0.05, 0) is 29.3 Å². The highest BCUT2D eigenvalue weighted by atomic mass is 35.5. The number of hydrogen-bond acceptors (Lipinski definition) is 0. The van der Waals surface area contributed by atoms with E-state index in [1.165, 1.54) is 0 Å². The van der Waals surface area contributed by atoms with E-state index in [0.717, 1.165) is 0 Å². The van der Waals surface area contributed by atoms with Crippen molar-refractivity contribution in [2.45, 2.75) is 4.87 Å². The quantitative estimate of drug-likeness (QED) is 0.306. The lowest BCUT2D eigenvalue weighted by Gasteiger charge is -2.39. The molecule has 0 fully saturated rings. The Morgan fingerprint density at radius 1 is 0.500 bits per heavy atom. The zero-order chi connectivity index (χ0) is 21.5. The lowest BCUT2D eigenvalue weighted by Crippen LogP contribution is -2.28. The Morgan fingerprint density at radius 2 is 0.900 bits per heavy atom. The first kappa shape index (κ1) is 22.1. The Bertz CT molecular complexity index is 1120. The first-order valence-corrected chi connectivity index (χ1v) is 11.2.